The van der Waals surface area contributed by atoms with Crippen molar-refractivity contribution in [1.82, 2.24) is 19.7 Å². The highest BCUT2D eigenvalue weighted by Gasteiger charge is 2.20. The molecule has 0 spiro atoms. The first-order valence-corrected chi connectivity index (χ1v) is 6.58. The van der Waals surface area contributed by atoms with Crippen molar-refractivity contribution >= 4 is 22.3 Å². The molecule has 0 bridgehead atoms. The molecule has 4 rings (SSSR count). The first-order chi connectivity index (χ1) is 9.83. The van der Waals surface area contributed by atoms with Crippen LogP contribution in [0, 0.1) is 0 Å². The zero-order chi connectivity index (χ0) is 13.5. The van der Waals surface area contributed by atoms with Crippen LogP contribution < -0.4 is 10.6 Å². The molecule has 0 amide bonds. The molecule has 3 heterocycles. The minimum absolute atomic E-state index is 0.746. The third-order valence-electron chi connectivity index (χ3n) is 3.76. The van der Waals surface area contributed by atoms with Crippen LogP contribution in [0.4, 0.5) is 11.4 Å². The summed E-state index contributed by atoms with van der Waals surface area (Å²) in [6, 6.07) is 7.90. The van der Waals surface area contributed by atoms with Gasteiger partial charge in [0.25, 0.3) is 0 Å². The van der Waals surface area contributed by atoms with E-state index in [2.05, 4.69) is 24.6 Å². The quantitative estimate of drug-likeness (QED) is 0.674. The minimum Gasteiger partial charge on any atom is -0.398 e. The fourth-order valence-electron chi connectivity index (χ4n) is 2.71. The van der Waals surface area contributed by atoms with E-state index in [4.69, 9.17) is 5.73 Å². The number of nitrogens with two attached hydrogens (primary N) is 1. The summed E-state index contributed by atoms with van der Waals surface area (Å²) in [5, 5.41) is 9.11. The lowest BCUT2D eigenvalue weighted by atomic mass is 10.1. The zero-order valence-corrected chi connectivity index (χ0v) is 10.9. The Labute approximate surface area is 115 Å². The molecule has 1 aromatic carbocycles. The number of rotatable bonds is 1. The van der Waals surface area contributed by atoms with Crippen molar-refractivity contribution in [3.8, 4) is 0 Å². The molecule has 0 unspecified atom stereocenters. The second kappa shape index (κ2) is 4.19. The molecule has 100 valence electrons. The van der Waals surface area contributed by atoms with Crippen LogP contribution in [0.3, 0.4) is 0 Å². The van der Waals surface area contributed by atoms with Crippen molar-refractivity contribution in [2.45, 2.75) is 13.1 Å². The Morgan fingerprint density at radius 2 is 2.10 bits per heavy atom. The number of hydrogen-bond donors (Lipinski definition) is 1. The topological polar surface area (TPSA) is 72.9 Å². The Hall–Kier alpha value is -2.63. The van der Waals surface area contributed by atoms with Crippen molar-refractivity contribution in [3.63, 3.8) is 0 Å². The SMILES string of the molecule is Nc1ccc(N2CCn3cnnc3C2)c2ncccc12. The number of aromatic nitrogens is 4. The summed E-state index contributed by atoms with van der Waals surface area (Å²) in [4.78, 5) is 6.77. The van der Waals surface area contributed by atoms with Gasteiger partial charge in [0.1, 0.15) is 6.33 Å². The molecule has 1 aliphatic rings. The smallest absolute Gasteiger partial charge is 0.152 e. The number of benzene rings is 1. The van der Waals surface area contributed by atoms with E-state index in [0.717, 1.165) is 47.7 Å². The Kier molecular flexibility index (Phi) is 2.35. The highest BCUT2D eigenvalue weighted by Crippen LogP contribution is 2.30. The van der Waals surface area contributed by atoms with E-state index >= 15 is 0 Å². The molecule has 2 aromatic heterocycles. The fourth-order valence-corrected chi connectivity index (χ4v) is 2.71. The van der Waals surface area contributed by atoms with Crippen LogP contribution in [0.25, 0.3) is 10.9 Å². The average molecular weight is 266 g/mol. The molecule has 1 aliphatic heterocycles. The Bertz CT molecular complexity index is 778. The van der Waals surface area contributed by atoms with Crippen LogP contribution in [0.1, 0.15) is 5.82 Å². The highest BCUT2D eigenvalue weighted by atomic mass is 15.3. The Balaban J connectivity index is 1.82. The summed E-state index contributed by atoms with van der Waals surface area (Å²) < 4.78 is 2.09. The number of anilines is 2. The van der Waals surface area contributed by atoms with Gasteiger partial charge in [0.05, 0.1) is 17.7 Å². The first-order valence-electron chi connectivity index (χ1n) is 6.58. The lowest BCUT2D eigenvalue weighted by Gasteiger charge is -2.29. The van der Waals surface area contributed by atoms with Gasteiger partial charge in [-0.2, -0.15) is 0 Å². The number of nitrogen functional groups attached to an aromatic ring is 1. The molecule has 0 radical (unpaired) electrons. The van der Waals surface area contributed by atoms with Gasteiger partial charge >= 0.3 is 0 Å². The summed E-state index contributed by atoms with van der Waals surface area (Å²) in [5.74, 6) is 0.983. The van der Waals surface area contributed by atoms with E-state index in [0.29, 0.717) is 0 Å². The minimum atomic E-state index is 0.746. The fraction of sp³-hybridized carbons (Fsp3) is 0.214. The molecule has 0 saturated carbocycles. The Morgan fingerprint density at radius 1 is 1.15 bits per heavy atom. The second-order valence-electron chi connectivity index (χ2n) is 4.94. The van der Waals surface area contributed by atoms with Crippen LogP contribution in [-0.4, -0.2) is 26.3 Å². The van der Waals surface area contributed by atoms with Crippen LogP contribution >= 0.6 is 0 Å². The first kappa shape index (κ1) is 11.2. The normalized spacial score (nSPS) is 14.5. The molecule has 6 nitrogen and oxygen atoms in total. The van der Waals surface area contributed by atoms with Gasteiger partial charge in [-0.1, -0.05) is 0 Å². The van der Waals surface area contributed by atoms with E-state index in [1.807, 2.05) is 24.3 Å². The van der Waals surface area contributed by atoms with Gasteiger partial charge in [0, 0.05) is 30.4 Å². The van der Waals surface area contributed by atoms with Crippen LogP contribution in [0.15, 0.2) is 36.8 Å². The number of fused-ring (bicyclic) bond motifs is 2. The van der Waals surface area contributed by atoms with Crippen molar-refractivity contribution in [3.05, 3.63) is 42.6 Å². The van der Waals surface area contributed by atoms with E-state index in [9.17, 15) is 0 Å². The van der Waals surface area contributed by atoms with Gasteiger partial charge in [-0.25, -0.2) is 0 Å². The van der Waals surface area contributed by atoms with Crippen LogP contribution in [0.5, 0.6) is 0 Å². The van der Waals surface area contributed by atoms with Crippen molar-refractivity contribution in [1.29, 1.82) is 0 Å². The molecular weight excluding hydrogens is 252 g/mol. The summed E-state index contributed by atoms with van der Waals surface area (Å²) in [5.41, 5.74) is 8.84. The lowest BCUT2D eigenvalue weighted by Crippen LogP contribution is -2.33. The van der Waals surface area contributed by atoms with E-state index in [1.165, 1.54) is 0 Å². The summed E-state index contributed by atoms with van der Waals surface area (Å²) in [7, 11) is 0. The van der Waals surface area contributed by atoms with Crippen LogP contribution in [-0.2, 0) is 13.1 Å². The number of pyridine rings is 1. The largest absolute Gasteiger partial charge is 0.398 e. The Morgan fingerprint density at radius 3 is 3.05 bits per heavy atom. The molecule has 0 saturated heterocycles. The van der Waals surface area contributed by atoms with Gasteiger partial charge in [-0.05, 0) is 24.3 Å². The third kappa shape index (κ3) is 1.61. The van der Waals surface area contributed by atoms with Crippen molar-refractivity contribution < 1.29 is 0 Å². The van der Waals surface area contributed by atoms with E-state index in [-0.39, 0.29) is 0 Å². The summed E-state index contributed by atoms with van der Waals surface area (Å²) in [6.07, 6.45) is 3.59. The van der Waals surface area contributed by atoms with Gasteiger partial charge < -0.3 is 15.2 Å². The zero-order valence-electron chi connectivity index (χ0n) is 10.9. The third-order valence-corrected chi connectivity index (χ3v) is 3.76. The number of hydrogen-bond acceptors (Lipinski definition) is 5. The van der Waals surface area contributed by atoms with Gasteiger partial charge in [0.2, 0.25) is 0 Å². The molecule has 0 aliphatic carbocycles. The van der Waals surface area contributed by atoms with Gasteiger partial charge in [0.15, 0.2) is 5.82 Å². The second-order valence-corrected chi connectivity index (χ2v) is 4.94. The lowest BCUT2D eigenvalue weighted by molar-refractivity contribution is 0.561. The van der Waals surface area contributed by atoms with Gasteiger partial charge in [-0.15, -0.1) is 10.2 Å². The molecule has 0 atom stereocenters. The molecular formula is C14H14N6. The molecule has 2 N–H and O–H groups in total. The predicted molar refractivity (Wildman–Crippen MR) is 77.2 cm³/mol. The van der Waals surface area contributed by atoms with Crippen molar-refractivity contribution in [2.24, 2.45) is 0 Å². The van der Waals surface area contributed by atoms with E-state index in [1.54, 1.807) is 12.5 Å². The van der Waals surface area contributed by atoms with Crippen LogP contribution in [0.2, 0.25) is 0 Å². The molecule has 0 fully saturated rings. The summed E-state index contributed by atoms with van der Waals surface area (Å²) >= 11 is 0. The molecule has 6 heteroatoms. The highest BCUT2D eigenvalue weighted by molar-refractivity contribution is 5.98. The van der Waals surface area contributed by atoms with Crippen molar-refractivity contribution in [2.75, 3.05) is 17.2 Å². The number of nitrogens with zero attached hydrogens (tertiary/aromatic N) is 5. The maximum Gasteiger partial charge on any atom is 0.152 e. The predicted octanol–water partition coefficient (Wildman–Crippen LogP) is 1.43. The monoisotopic (exact) mass is 266 g/mol. The molecule has 20 heavy (non-hydrogen) atoms. The molecule has 3 aromatic rings. The standard InChI is InChI=1S/C14H14N6/c15-11-3-4-12(14-10(11)2-1-5-16-14)19-6-7-20-9-17-18-13(20)8-19/h1-5,9H,6-8,15H2. The van der Waals surface area contributed by atoms with E-state index < -0.39 is 0 Å². The summed E-state index contributed by atoms with van der Waals surface area (Å²) in [6.45, 7) is 2.55. The maximum atomic E-state index is 6.03. The average Bonchev–Trinajstić information content (AvgIpc) is 2.95. The van der Waals surface area contributed by atoms with Gasteiger partial charge in [-0.3, -0.25) is 4.98 Å². The maximum absolute atomic E-state index is 6.03.